The summed E-state index contributed by atoms with van der Waals surface area (Å²) in [6.07, 6.45) is 0. The van der Waals surface area contributed by atoms with E-state index in [4.69, 9.17) is 21.6 Å². The van der Waals surface area contributed by atoms with Crippen LogP contribution in [0.2, 0.25) is 5.02 Å². The first kappa shape index (κ1) is 14.8. The van der Waals surface area contributed by atoms with Gasteiger partial charge in [0.2, 0.25) is 0 Å². The van der Waals surface area contributed by atoms with Crippen molar-refractivity contribution < 1.29 is 13.9 Å². The summed E-state index contributed by atoms with van der Waals surface area (Å²) >= 11 is 5.86. The lowest BCUT2D eigenvalue weighted by Gasteiger charge is -2.11. The molecule has 0 atom stereocenters. The third-order valence-corrected chi connectivity index (χ3v) is 2.99. The molecule has 4 nitrogen and oxygen atoms in total. The number of methoxy groups -OCH3 is 1. The maximum Gasteiger partial charge on any atom is 0.258 e. The Kier molecular flexibility index (Phi) is 4.41. The summed E-state index contributed by atoms with van der Waals surface area (Å²) in [5, 5.41) is 11.6. The van der Waals surface area contributed by atoms with Crippen molar-refractivity contribution in [2.75, 3.05) is 12.4 Å². The van der Waals surface area contributed by atoms with Crippen LogP contribution in [0.25, 0.3) is 0 Å². The molecule has 0 aliphatic rings. The summed E-state index contributed by atoms with van der Waals surface area (Å²) < 4.78 is 18.9. The number of benzene rings is 2. The molecule has 1 N–H and O–H groups in total. The molecule has 2 aromatic carbocycles. The minimum atomic E-state index is -0.771. The van der Waals surface area contributed by atoms with E-state index >= 15 is 0 Å². The molecule has 0 saturated carbocycles. The van der Waals surface area contributed by atoms with E-state index in [1.54, 1.807) is 18.2 Å². The zero-order valence-electron chi connectivity index (χ0n) is 11.0. The van der Waals surface area contributed by atoms with Crippen LogP contribution in [0.15, 0.2) is 36.4 Å². The van der Waals surface area contributed by atoms with Crippen molar-refractivity contribution in [2.45, 2.75) is 0 Å². The van der Waals surface area contributed by atoms with E-state index in [-0.39, 0.29) is 11.1 Å². The number of hydrogen-bond donors (Lipinski definition) is 1. The van der Waals surface area contributed by atoms with Gasteiger partial charge in [0.25, 0.3) is 5.91 Å². The number of carbonyl (C=O) groups excluding carboxylic acids is 1. The molecule has 21 heavy (non-hydrogen) atoms. The van der Waals surface area contributed by atoms with E-state index in [0.717, 1.165) is 6.07 Å². The van der Waals surface area contributed by atoms with Gasteiger partial charge in [-0.2, -0.15) is 5.26 Å². The molecule has 0 bridgehead atoms. The van der Waals surface area contributed by atoms with Crippen LogP contribution in [0.5, 0.6) is 5.75 Å². The van der Waals surface area contributed by atoms with Crippen molar-refractivity contribution in [3.05, 3.63) is 58.4 Å². The van der Waals surface area contributed by atoms with Gasteiger partial charge < -0.3 is 10.1 Å². The van der Waals surface area contributed by atoms with Crippen molar-refractivity contribution in [1.82, 2.24) is 0 Å². The van der Waals surface area contributed by atoms with Crippen LogP contribution in [0.4, 0.5) is 10.1 Å². The summed E-state index contributed by atoms with van der Waals surface area (Å²) in [6, 6.07) is 10.1. The van der Waals surface area contributed by atoms with Crippen LogP contribution in [0, 0.1) is 17.1 Å². The van der Waals surface area contributed by atoms with Crippen molar-refractivity contribution in [3.8, 4) is 11.8 Å². The lowest BCUT2D eigenvalue weighted by Crippen LogP contribution is -2.14. The summed E-state index contributed by atoms with van der Waals surface area (Å²) in [6.45, 7) is 0. The molecule has 0 heterocycles. The lowest BCUT2D eigenvalue weighted by atomic mass is 10.1. The van der Waals surface area contributed by atoms with Crippen LogP contribution in [-0.2, 0) is 0 Å². The predicted octanol–water partition coefficient (Wildman–Crippen LogP) is 3.61. The topological polar surface area (TPSA) is 62.1 Å². The van der Waals surface area contributed by atoms with Gasteiger partial charge in [0.05, 0.1) is 30.0 Å². The highest BCUT2D eigenvalue weighted by atomic mass is 35.5. The van der Waals surface area contributed by atoms with Crippen LogP contribution < -0.4 is 10.1 Å². The molecular formula is C15H10ClFN2O2. The maximum atomic E-state index is 13.8. The summed E-state index contributed by atoms with van der Waals surface area (Å²) in [5.74, 6) is -1.02. The molecule has 1 amide bonds. The van der Waals surface area contributed by atoms with E-state index in [1.807, 2.05) is 0 Å². The van der Waals surface area contributed by atoms with Gasteiger partial charge in [0.15, 0.2) is 0 Å². The number of nitrogens with zero attached hydrogens (tertiary/aromatic N) is 1. The van der Waals surface area contributed by atoms with Gasteiger partial charge in [-0.1, -0.05) is 11.6 Å². The van der Waals surface area contributed by atoms with Crippen LogP contribution in [0.3, 0.4) is 0 Å². The largest absolute Gasteiger partial charge is 0.495 e. The summed E-state index contributed by atoms with van der Waals surface area (Å²) in [7, 11) is 1.45. The molecule has 2 rings (SSSR count). The van der Waals surface area contributed by atoms with Gasteiger partial charge in [0, 0.05) is 5.02 Å². The monoisotopic (exact) mass is 304 g/mol. The molecule has 0 unspecified atom stereocenters. The van der Waals surface area contributed by atoms with Gasteiger partial charge in [-0.25, -0.2) is 4.39 Å². The second-order valence-corrected chi connectivity index (χ2v) is 4.54. The highest BCUT2D eigenvalue weighted by molar-refractivity contribution is 6.31. The molecule has 0 fully saturated rings. The Hall–Kier alpha value is -2.58. The molecule has 2 aromatic rings. The Morgan fingerprint density at radius 3 is 2.71 bits per heavy atom. The SMILES string of the molecule is COc1ccc(Cl)cc1NC(=O)c1ccc(C#N)cc1F. The first-order chi connectivity index (χ1) is 10.0. The van der Waals surface area contributed by atoms with E-state index in [1.165, 1.54) is 25.3 Å². The number of anilines is 1. The second kappa shape index (κ2) is 6.25. The molecule has 0 aliphatic heterocycles. The van der Waals surface area contributed by atoms with Crippen molar-refractivity contribution in [1.29, 1.82) is 5.26 Å². The maximum absolute atomic E-state index is 13.8. The molecule has 0 aliphatic carbocycles. The standard InChI is InChI=1S/C15H10ClFN2O2/c1-21-14-5-3-10(16)7-13(14)19-15(20)11-4-2-9(8-18)6-12(11)17/h2-7H,1H3,(H,19,20). The normalized spacial score (nSPS) is 9.81. The number of halogens is 2. The van der Waals surface area contributed by atoms with Crippen molar-refractivity contribution in [2.24, 2.45) is 0 Å². The fraction of sp³-hybridized carbons (Fsp3) is 0.0667. The summed E-state index contributed by atoms with van der Waals surface area (Å²) in [5.41, 5.74) is 0.305. The third-order valence-electron chi connectivity index (χ3n) is 2.75. The van der Waals surface area contributed by atoms with E-state index in [2.05, 4.69) is 5.32 Å². The zero-order valence-corrected chi connectivity index (χ0v) is 11.7. The van der Waals surface area contributed by atoms with Gasteiger partial charge in [-0.3, -0.25) is 4.79 Å². The number of nitrogens with one attached hydrogen (secondary N) is 1. The number of ether oxygens (including phenoxy) is 1. The Bertz CT molecular complexity index is 741. The lowest BCUT2D eigenvalue weighted by molar-refractivity contribution is 0.102. The average Bonchev–Trinajstić information content (AvgIpc) is 2.47. The fourth-order valence-electron chi connectivity index (χ4n) is 1.74. The Labute approximate surface area is 125 Å². The Balaban J connectivity index is 2.30. The first-order valence-corrected chi connectivity index (χ1v) is 6.27. The highest BCUT2D eigenvalue weighted by Gasteiger charge is 2.14. The van der Waals surface area contributed by atoms with Crippen LogP contribution in [-0.4, -0.2) is 13.0 Å². The van der Waals surface area contributed by atoms with Gasteiger partial charge >= 0.3 is 0 Å². The Morgan fingerprint density at radius 1 is 1.33 bits per heavy atom. The third kappa shape index (κ3) is 3.30. The smallest absolute Gasteiger partial charge is 0.258 e. The van der Waals surface area contributed by atoms with E-state index < -0.39 is 11.7 Å². The van der Waals surface area contributed by atoms with Gasteiger partial charge in [-0.15, -0.1) is 0 Å². The number of rotatable bonds is 3. The fourth-order valence-corrected chi connectivity index (χ4v) is 1.91. The molecule has 0 saturated heterocycles. The van der Waals surface area contributed by atoms with Crippen LogP contribution in [0.1, 0.15) is 15.9 Å². The van der Waals surface area contributed by atoms with E-state index in [0.29, 0.717) is 16.5 Å². The Morgan fingerprint density at radius 2 is 2.10 bits per heavy atom. The quantitative estimate of drug-likeness (QED) is 0.942. The van der Waals surface area contributed by atoms with Gasteiger partial charge in [-0.05, 0) is 36.4 Å². The minimum absolute atomic E-state index is 0.143. The van der Waals surface area contributed by atoms with Crippen LogP contribution >= 0.6 is 11.6 Å². The highest BCUT2D eigenvalue weighted by Crippen LogP contribution is 2.28. The average molecular weight is 305 g/mol. The number of hydrogen-bond acceptors (Lipinski definition) is 3. The second-order valence-electron chi connectivity index (χ2n) is 4.11. The van der Waals surface area contributed by atoms with Crippen molar-refractivity contribution >= 4 is 23.2 Å². The molecular weight excluding hydrogens is 295 g/mol. The van der Waals surface area contributed by atoms with Gasteiger partial charge in [0.1, 0.15) is 11.6 Å². The predicted molar refractivity (Wildman–Crippen MR) is 77.1 cm³/mol. The molecule has 6 heteroatoms. The molecule has 0 aromatic heterocycles. The zero-order chi connectivity index (χ0) is 15.4. The van der Waals surface area contributed by atoms with Crippen molar-refractivity contribution in [3.63, 3.8) is 0 Å². The molecule has 106 valence electrons. The number of nitriles is 1. The number of carbonyl (C=O) groups is 1. The van der Waals surface area contributed by atoms with E-state index in [9.17, 15) is 9.18 Å². The summed E-state index contributed by atoms with van der Waals surface area (Å²) in [4.78, 5) is 12.1. The molecule has 0 radical (unpaired) electrons. The molecule has 0 spiro atoms. The first-order valence-electron chi connectivity index (χ1n) is 5.89. The number of amides is 1. The minimum Gasteiger partial charge on any atom is -0.495 e.